The number of aromatic nitrogens is 2. The molecular formula is C21H23F4N5O2. The van der Waals surface area contributed by atoms with Gasteiger partial charge >= 0.3 is 6.36 Å². The molecule has 1 aromatic heterocycles. The summed E-state index contributed by atoms with van der Waals surface area (Å²) in [6, 6.07) is 2.91. The van der Waals surface area contributed by atoms with Gasteiger partial charge in [-0.25, -0.2) is 4.98 Å². The molecule has 11 heteroatoms. The summed E-state index contributed by atoms with van der Waals surface area (Å²) in [5.41, 5.74) is 0.805. The topological polar surface area (TPSA) is 64.7 Å². The number of hydrogen-bond donors (Lipinski definition) is 1. The standard InChI is InChI=1S/C21H23F4N5O2/c1-13-20(31)27-15-10-14(11-17(18(15)26-13)32-21(23,24)25)12-29-6-8-30(9-7-29)16-4-3-5-28(2)19(16)22/h3-4,10-11H,5-9,12H2,1-2H3,(H,27,31). The van der Waals surface area contributed by atoms with Crippen molar-refractivity contribution in [1.82, 2.24) is 24.7 Å². The lowest BCUT2D eigenvalue weighted by Crippen LogP contribution is -2.46. The third-order valence-corrected chi connectivity index (χ3v) is 5.54. The number of alkyl halides is 3. The summed E-state index contributed by atoms with van der Waals surface area (Å²) in [5, 5.41) is 0. The summed E-state index contributed by atoms with van der Waals surface area (Å²) in [4.78, 5) is 24.0. The molecule has 0 unspecified atom stereocenters. The second-order valence-corrected chi connectivity index (χ2v) is 7.91. The van der Waals surface area contributed by atoms with Gasteiger partial charge in [-0.1, -0.05) is 6.08 Å². The van der Waals surface area contributed by atoms with Gasteiger partial charge in [0.15, 0.2) is 5.75 Å². The van der Waals surface area contributed by atoms with Crippen molar-refractivity contribution in [3.63, 3.8) is 0 Å². The normalized spacial score (nSPS) is 18.1. The maximum atomic E-state index is 14.4. The van der Waals surface area contributed by atoms with E-state index < -0.39 is 17.7 Å². The van der Waals surface area contributed by atoms with Crippen LogP contribution in [0.1, 0.15) is 11.3 Å². The number of aryl methyl sites for hydroxylation is 1. The number of benzene rings is 1. The number of ether oxygens (including phenoxy) is 1. The van der Waals surface area contributed by atoms with Crippen LogP contribution in [0.5, 0.6) is 5.75 Å². The number of likely N-dealkylation sites (N-methyl/N-ethyl adjacent to an activating group) is 1. The number of nitrogens with one attached hydrogen (secondary N) is 1. The largest absolute Gasteiger partial charge is 0.573 e. The molecule has 2 aromatic rings. The number of rotatable bonds is 4. The maximum Gasteiger partial charge on any atom is 0.573 e. The molecule has 1 N–H and O–H groups in total. The highest BCUT2D eigenvalue weighted by Crippen LogP contribution is 2.31. The zero-order chi connectivity index (χ0) is 23.0. The van der Waals surface area contributed by atoms with Gasteiger partial charge in [-0.3, -0.25) is 9.69 Å². The zero-order valence-corrected chi connectivity index (χ0v) is 17.7. The van der Waals surface area contributed by atoms with Crippen LogP contribution in [0.4, 0.5) is 17.6 Å². The molecular weight excluding hydrogens is 430 g/mol. The smallest absolute Gasteiger partial charge is 0.403 e. The van der Waals surface area contributed by atoms with Gasteiger partial charge in [0, 0.05) is 46.3 Å². The van der Waals surface area contributed by atoms with Crippen LogP contribution in [0.15, 0.2) is 40.7 Å². The molecule has 0 amide bonds. The lowest BCUT2D eigenvalue weighted by atomic mass is 10.1. The van der Waals surface area contributed by atoms with Crippen LogP contribution in [0, 0.1) is 6.92 Å². The SMILES string of the molecule is Cc1nc2c(OC(F)(F)F)cc(CN3CCN(C4=C(F)N(C)CC=C4)CC3)cc2[nH]c1=O. The minimum absolute atomic E-state index is 0.0522. The first kappa shape index (κ1) is 22.1. The van der Waals surface area contributed by atoms with Crippen molar-refractivity contribution >= 4 is 11.0 Å². The summed E-state index contributed by atoms with van der Waals surface area (Å²) in [7, 11) is 1.69. The second-order valence-electron chi connectivity index (χ2n) is 7.91. The van der Waals surface area contributed by atoms with Crippen LogP contribution in [0.2, 0.25) is 0 Å². The number of piperazine rings is 1. The van der Waals surface area contributed by atoms with E-state index in [1.54, 1.807) is 19.2 Å². The zero-order valence-electron chi connectivity index (χ0n) is 17.7. The van der Waals surface area contributed by atoms with Gasteiger partial charge in [0.25, 0.3) is 5.56 Å². The number of H-pyrrole nitrogens is 1. The van der Waals surface area contributed by atoms with Crippen LogP contribution in [-0.4, -0.2) is 70.8 Å². The monoisotopic (exact) mass is 453 g/mol. The molecule has 0 radical (unpaired) electrons. The number of nitrogens with zero attached hydrogens (tertiary/aromatic N) is 4. The Hall–Kier alpha value is -3.08. The summed E-state index contributed by atoms with van der Waals surface area (Å²) >= 11 is 0. The van der Waals surface area contributed by atoms with E-state index in [2.05, 4.69) is 19.6 Å². The summed E-state index contributed by atoms with van der Waals surface area (Å²) in [5.74, 6) is -0.721. The lowest BCUT2D eigenvalue weighted by molar-refractivity contribution is -0.274. The summed E-state index contributed by atoms with van der Waals surface area (Å²) in [6.45, 7) is 4.66. The fraction of sp³-hybridized carbons (Fsp3) is 0.429. The Balaban J connectivity index is 1.53. The van der Waals surface area contributed by atoms with E-state index in [1.807, 2.05) is 11.0 Å². The van der Waals surface area contributed by atoms with Crippen LogP contribution in [0.3, 0.4) is 0 Å². The second kappa shape index (κ2) is 8.45. The van der Waals surface area contributed by atoms with Gasteiger partial charge in [0.05, 0.1) is 11.2 Å². The Labute approximate surface area is 181 Å². The van der Waals surface area contributed by atoms with Gasteiger partial charge in [0.1, 0.15) is 11.2 Å². The van der Waals surface area contributed by atoms with E-state index in [0.717, 1.165) is 0 Å². The molecule has 1 fully saturated rings. The van der Waals surface area contributed by atoms with Crippen molar-refractivity contribution in [2.24, 2.45) is 0 Å². The van der Waals surface area contributed by atoms with E-state index >= 15 is 0 Å². The molecule has 0 atom stereocenters. The fourth-order valence-corrected chi connectivity index (χ4v) is 3.91. The molecule has 0 aliphatic carbocycles. The molecule has 4 rings (SSSR count). The highest BCUT2D eigenvalue weighted by Gasteiger charge is 2.33. The maximum absolute atomic E-state index is 14.4. The number of fused-ring (bicyclic) bond motifs is 1. The van der Waals surface area contributed by atoms with Gasteiger partial charge < -0.3 is 19.5 Å². The van der Waals surface area contributed by atoms with Crippen molar-refractivity contribution in [2.75, 3.05) is 39.8 Å². The third kappa shape index (κ3) is 4.72. The molecule has 1 saturated heterocycles. The quantitative estimate of drug-likeness (QED) is 0.568. The molecule has 0 bridgehead atoms. The fourth-order valence-electron chi connectivity index (χ4n) is 3.91. The van der Waals surface area contributed by atoms with E-state index in [4.69, 9.17) is 0 Å². The van der Waals surface area contributed by atoms with Crippen molar-refractivity contribution in [3.8, 4) is 5.75 Å². The van der Waals surface area contributed by atoms with Crippen LogP contribution >= 0.6 is 0 Å². The molecule has 32 heavy (non-hydrogen) atoms. The molecule has 172 valence electrons. The lowest BCUT2D eigenvalue weighted by Gasteiger charge is -2.38. The minimum Gasteiger partial charge on any atom is -0.403 e. The Bertz CT molecular complexity index is 1130. The molecule has 2 aliphatic heterocycles. The predicted octanol–water partition coefficient (Wildman–Crippen LogP) is 2.89. The van der Waals surface area contributed by atoms with Gasteiger partial charge in [0.2, 0.25) is 5.95 Å². The van der Waals surface area contributed by atoms with E-state index in [-0.39, 0.29) is 22.7 Å². The van der Waals surface area contributed by atoms with Gasteiger partial charge in [-0.05, 0) is 30.7 Å². The van der Waals surface area contributed by atoms with Crippen molar-refractivity contribution in [2.45, 2.75) is 19.8 Å². The van der Waals surface area contributed by atoms with E-state index in [0.29, 0.717) is 50.5 Å². The highest BCUT2D eigenvalue weighted by molar-refractivity contribution is 5.82. The van der Waals surface area contributed by atoms with Crippen molar-refractivity contribution in [1.29, 1.82) is 0 Å². The first-order chi connectivity index (χ1) is 15.1. The first-order valence-electron chi connectivity index (χ1n) is 10.1. The average molecular weight is 453 g/mol. The highest BCUT2D eigenvalue weighted by atomic mass is 19.4. The van der Waals surface area contributed by atoms with Crippen LogP contribution in [0.25, 0.3) is 11.0 Å². The Kier molecular flexibility index (Phi) is 5.85. The third-order valence-electron chi connectivity index (χ3n) is 5.54. The van der Waals surface area contributed by atoms with E-state index in [1.165, 1.54) is 17.9 Å². The number of halogens is 4. The minimum atomic E-state index is -4.89. The molecule has 0 saturated carbocycles. The van der Waals surface area contributed by atoms with Crippen molar-refractivity contribution < 1.29 is 22.3 Å². The molecule has 0 spiro atoms. The molecule has 2 aliphatic rings. The Morgan fingerprint density at radius 3 is 2.59 bits per heavy atom. The first-order valence-corrected chi connectivity index (χ1v) is 10.1. The average Bonchev–Trinajstić information content (AvgIpc) is 2.71. The van der Waals surface area contributed by atoms with Crippen LogP contribution in [-0.2, 0) is 6.54 Å². The molecule has 3 heterocycles. The number of hydrogen-bond acceptors (Lipinski definition) is 6. The predicted molar refractivity (Wildman–Crippen MR) is 111 cm³/mol. The van der Waals surface area contributed by atoms with Crippen molar-refractivity contribution in [3.05, 3.63) is 57.5 Å². The van der Waals surface area contributed by atoms with Gasteiger partial charge in [-0.2, -0.15) is 4.39 Å². The Morgan fingerprint density at radius 2 is 1.91 bits per heavy atom. The summed E-state index contributed by atoms with van der Waals surface area (Å²) in [6.07, 6.45) is -1.21. The molecule has 7 nitrogen and oxygen atoms in total. The number of aromatic amines is 1. The summed E-state index contributed by atoms with van der Waals surface area (Å²) < 4.78 is 57.4. The molecule has 1 aromatic carbocycles. The van der Waals surface area contributed by atoms with Crippen LogP contribution < -0.4 is 10.3 Å². The Morgan fingerprint density at radius 1 is 1.19 bits per heavy atom. The number of allylic oxidation sites excluding steroid dienone is 1. The van der Waals surface area contributed by atoms with E-state index in [9.17, 15) is 22.4 Å². The van der Waals surface area contributed by atoms with Gasteiger partial charge in [-0.15, -0.1) is 13.2 Å².